The van der Waals surface area contributed by atoms with E-state index in [1.54, 1.807) is 35.6 Å². The Morgan fingerprint density at radius 2 is 1.47 bits per heavy atom. The smallest absolute Gasteiger partial charge is 0.222 e. The Balaban J connectivity index is 2.37. The van der Waals surface area contributed by atoms with Crippen LogP contribution >= 0.6 is 22.6 Å². The van der Waals surface area contributed by atoms with Crippen molar-refractivity contribution in [3.63, 3.8) is 0 Å². The predicted molar refractivity (Wildman–Crippen MR) is 84.2 cm³/mol. The molecule has 0 amide bonds. The van der Waals surface area contributed by atoms with Crippen LogP contribution in [0.3, 0.4) is 0 Å². The molecule has 0 bridgehead atoms. The zero-order valence-corrected chi connectivity index (χ0v) is 12.3. The number of H-pyrrole nitrogens is 1. The molecule has 19 heavy (non-hydrogen) atoms. The van der Waals surface area contributed by atoms with Crippen LogP contribution in [-0.4, -0.2) is 14.6 Å². The molecule has 3 rings (SSSR count). The monoisotopic (exact) mass is 363 g/mol. The zero-order valence-electron chi connectivity index (χ0n) is 10.2. The van der Waals surface area contributed by atoms with Crippen LogP contribution in [0.2, 0.25) is 0 Å². The van der Waals surface area contributed by atoms with Crippen LogP contribution < -0.4 is 0 Å². The highest BCUT2D eigenvalue weighted by Gasteiger charge is 2.09. The lowest BCUT2D eigenvalue weighted by molar-refractivity contribution is 0.101. The van der Waals surface area contributed by atoms with Crippen molar-refractivity contribution in [2.75, 3.05) is 0 Å². The fourth-order valence-corrected chi connectivity index (χ4v) is 2.57. The van der Waals surface area contributed by atoms with Crippen molar-refractivity contribution in [2.24, 2.45) is 0 Å². The number of ketones is 1. The number of rotatable bonds is 2. The van der Waals surface area contributed by atoms with Gasteiger partial charge in [0.2, 0.25) is 3.79 Å². The van der Waals surface area contributed by atoms with E-state index in [1.807, 2.05) is 30.3 Å². The van der Waals surface area contributed by atoms with Crippen molar-refractivity contribution < 1.29 is 9.59 Å². The summed E-state index contributed by atoms with van der Waals surface area (Å²) >= 11 is 1.78. The van der Waals surface area contributed by atoms with Gasteiger partial charge >= 0.3 is 0 Å². The average Bonchev–Trinajstić information content (AvgIpc) is 2.75. The lowest BCUT2D eigenvalue weighted by Gasteiger charge is -1.97. The first kappa shape index (κ1) is 12.3. The Morgan fingerprint density at radius 1 is 0.947 bits per heavy atom. The zero-order chi connectivity index (χ0) is 13.6. The largest absolute Gasteiger partial charge is 0.355 e. The first-order valence-corrected chi connectivity index (χ1v) is 6.90. The first-order chi connectivity index (χ1) is 9.06. The molecular formula is C15H10INO2. The SMILES string of the molecule is CC(=O)c1ccc2[nH]c3ccc(C(=O)I)cc3c2c1. The third kappa shape index (κ3) is 2.06. The first-order valence-electron chi connectivity index (χ1n) is 5.82. The molecule has 0 saturated heterocycles. The van der Waals surface area contributed by atoms with Gasteiger partial charge in [0.15, 0.2) is 5.78 Å². The molecule has 0 unspecified atom stereocenters. The summed E-state index contributed by atoms with van der Waals surface area (Å²) in [5.41, 5.74) is 3.29. The van der Waals surface area contributed by atoms with Crippen molar-refractivity contribution in [2.45, 2.75) is 6.92 Å². The Bertz CT molecular complexity index is 764. The van der Waals surface area contributed by atoms with Crippen LogP contribution in [0.5, 0.6) is 0 Å². The number of carbonyl (C=O) groups excluding carboxylic acids is 2. The van der Waals surface area contributed by atoms with Gasteiger partial charge in [-0.1, -0.05) is 0 Å². The summed E-state index contributed by atoms with van der Waals surface area (Å²) in [6, 6.07) is 11.2. The fourth-order valence-electron chi connectivity index (χ4n) is 2.24. The van der Waals surface area contributed by atoms with Gasteiger partial charge in [0, 0.05) is 55.5 Å². The van der Waals surface area contributed by atoms with Gasteiger partial charge in [0.05, 0.1) is 0 Å². The van der Waals surface area contributed by atoms with E-state index in [0.29, 0.717) is 11.1 Å². The highest BCUT2D eigenvalue weighted by atomic mass is 127. The van der Waals surface area contributed by atoms with Crippen molar-refractivity contribution in [3.05, 3.63) is 47.5 Å². The lowest BCUT2D eigenvalue weighted by atomic mass is 10.1. The molecule has 0 spiro atoms. The Morgan fingerprint density at radius 3 is 2.00 bits per heavy atom. The Labute approximate surface area is 123 Å². The number of carbonyl (C=O) groups is 2. The highest BCUT2D eigenvalue weighted by Crippen LogP contribution is 2.28. The Kier molecular flexibility index (Phi) is 2.89. The lowest BCUT2D eigenvalue weighted by Crippen LogP contribution is -1.90. The number of fused-ring (bicyclic) bond motifs is 3. The van der Waals surface area contributed by atoms with Crippen LogP contribution in [0.4, 0.5) is 0 Å². The molecule has 0 saturated carbocycles. The molecule has 4 heteroatoms. The predicted octanol–water partition coefficient (Wildman–Crippen LogP) is 4.10. The summed E-state index contributed by atoms with van der Waals surface area (Å²) in [5, 5.41) is 1.95. The molecule has 0 atom stereocenters. The highest BCUT2D eigenvalue weighted by molar-refractivity contribution is 14.1. The number of nitrogens with one attached hydrogen (secondary N) is 1. The van der Waals surface area contributed by atoms with Gasteiger partial charge in [-0.3, -0.25) is 9.59 Å². The molecule has 0 fully saturated rings. The van der Waals surface area contributed by atoms with E-state index in [1.165, 1.54) is 0 Å². The second-order valence-corrected chi connectivity index (χ2v) is 5.46. The molecular weight excluding hydrogens is 353 g/mol. The number of halogens is 1. The number of aromatic amines is 1. The molecule has 0 aliphatic rings. The molecule has 3 nitrogen and oxygen atoms in total. The topological polar surface area (TPSA) is 49.9 Å². The maximum absolute atomic E-state index is 11.5. The molecule has 1 heterocycles. The summed E-state index contributed by atoms with van der Waals surface area (Å²) in [5.74, 6) is 0.0392. The summed E-state index contributed by atoms with van der Waals surface area (Å²) in [6.45, 7) is 1.55. The van der Waals surface area contributed by atoms with Crippen LogP contribution in [0, 0.1) is 0 Å². The maximum Gasteiger partial charge on any atom is 0.222 e. The third-order valence-corrected chi connectivity index (χ3v) is 3.85. The van der Waals surface area contributed by atoms with Crippen LogP contribution in [-0.2, 0) is 0 Å². The summed E-state index contributed by atoms with van der Waals surface area (Å²) in [6.07, 6.45) is 0. The van der Waals surface area contributed by atoms with E-state index in [2.05, 4.69) is 4.98 Å². The number of benzene rings is 2. The molecule has 0 aliphatic heterocycles. The van der Waals surface area contributed by atoms with Crippen LogP contribution in [0.1, 0.15) is 27.6 Å². The van der Waals surface area contributed by atoms with E-state index in [-0.39, 0.29) is 9.57 Å². The Hall–Kier alpha value is -1.69. The van der Waals surface area contributed by atoms with Crippen molar-refractivity contribution >= 4 is 54.0 Å². The number of hydrogen-bond acceptors (Lipinski definition) is 2. The van der Waals surface area contributed by atoms with Gasteiger partial charge in [-0.05, 0) is 43.3 Å². The quantitative estimate of drug-likeness (QED) is 0.423. The molecule has 3 aromatic rings. The van der Waals surface area contributed by atoms with Crippen molar-refractivity contribution in [1.82, 2.24) is 4.98 Å². The van der Waals surface area contributed by atoms with E-state index in [0.717, 1.165) is 21.8 Å². The molecule has 0 radical (unpaired) electrons. The van der Waals surface area contributed by atoms with E-state index in [4.69, 9.17) is 0 Å². The summed E-state index contributed by atoms with van der Waals surface area (Å²) < 4.78 is 0.0107. The fraction of sp³-hybridized carbons (Fsp3) is 0.0667. The van der Waals surface area contributed by atoms with Gasteiger partial charge in [0.1, 0.15) is 0 Å². The molecule has 1 aromatic heterocycles. The number of aromatic nitrogens is 1. The van der Waals surface area contributed by atoms with Gasteiger partial charge < -0.3 is 4.98 Å². The van der Waals surface area contributed by atoms with Crippen molar-refractivity contribution in [3.8, 4) is 0 Å². The molecule has 0 aliphatic carbocycles. The van der Waals surface area contributed by atoms with Gasteiger partial charge in [-0.25, -0.2) is 0 Å². The van der Waals surface area contributed by atoms with Gasteiger partial charge in [0.25, 0.3) is 0 Å². The van der Waals surface area contributed by atoms with E-state index < -0.39 is 0 Å². The second-order valence-electron chi connectivity index (χ2n) is 4.48. The molecule has 1 N–H and O–H groups in total. The normalized spacial score (nSPS) is 11.1. The minimum atomic E-state index is 0.0107. The van der Waals surface area contributed by atoms with Gasteiger partial charge in [-0.15, -0.1) is 0 Å². The number of Topliss-reactive ketones (excluding diaryl/α,β-unsaturated/α-hetero) is 1. The summed E-state index contributed by atoms with van der Waals surface area (Å²) in [7, 11) is 0. The average molecular weight is 363 g/mol. The minimum Gasteiger partial charge on any atom is -0.355 e. The molecule has 94 valence electrons. The van der Waals surface area contributed by atoms with Gasteiger partial charge in [-0.2, -0.15) is 0 Å². The van der Waals surface area contributed by atoms with Crippen molar-refractivity contribution in [1.29, 1.82) is 0 Å². The van der Waals surface area contributed by atoms with Crippen LogP contribution in [0.25, 0.3) is 21.8 Å². The number of hydrogen-bond donors (Lipinski definition) is 1. The van der Waals surface area contributed by atoms with Crippen LogP contribution in [0.15, 0.2) is 36.4 Å². The van der Waals surface area contributed by atoms with E-state index in [9.17, 15) is 9.59 Å². The summed E-state index contributed by atoms with van der Waals surface area (Å²) in [4.78, 5) is 26.2. The van der Waals surface area contributed by atoms with E-state index >= 15 is 0 Å². The maximum atomic E-state index is 11.5. The third-order valence-electron chi connectivity index (χ3n) is 3.23. The minimum absolute atomic E-state index is 0.0107. The standard InChI is InChI=1S/C15H10INO2/c1-8(18)9-2-4-13-11(6-9)12-7-10(15(16)19)3-5-14(12)17-13/h2-7,17H,1H3. The molecule has 2 aromatic carbocycles. The second kappa shape index (κ2) is 4.45.